The van der Waals surface area contributed by atoms with Gasteiger partial charge in [-0.25, -0.2) is 0 Å². The van der Waals surface area contributed by atoms with E-state index in [0.29, 0.717) is 22.6 Å². The monoisotopic (exact) mass is 321 g/mol. The van der Waals surface area contributed by atoms with E-state index in [9.17, 15) is 20.1 Å². The Kier molecular flexibility index (Phi) is 3.02. The van der Waals surface area contributed by atoms with Crippen molar-refractivity contribution < 1.29 is 34.3 Å². The van der Waals surface area contributed by atoms with Crippen LogP contribution in [0.3, 0.4) is 0 Å². The number of nitrogens with one attached hydrogen (secondary N) is 1. The Morgan fingerprint density at radius 1 is 1.26 bits per heavy atom. The third-order valence-electron chi connectivity index (χ3n) is 4.38. The Bertz CT molecular complexity index is 729. The van der Waals surface area contributed by atoms with Gasteiger partial charge in [0.15, 0.2) is 11.5 Å². The molecule has 122 valence electrons. The fraction of sp³-hybridized carbons (Fsp3) is 0.400. The fourth-order valence-corrected chi connectivity index (χ4v) is 3.26. The van der Waals surface area contributed by atoms with E-state index in [-0.39, 0.29) is 18.1 Å². The minimum absolute atomic E-state index is 0.0165. The molecule has 1 aliphatic carbocycles. The molecule has 0 radical (unpaired) electrons. The van der Waals surface area contributed by atoms with E-state index >= 15 is 0 Å². The second kappa shape index (κ2) is 4.85. The first-order valence-electron chi connectivity index (χ1n) is 7.10. The number of carbonyl (C=O) groups is 1. The van der Waals surface area contributed by atoms with Crippen molar-refractivity contribution in [3.05, 3.63) is 23.3 Å². The number of methoxy groups -OCH3 is 1. The zero-order chi connectivity index (χ0) is 16.3. The van der Waals surface area contributed by atoms with Gasteiger partial charge in [-0.15, -0.1) is 0 Å². The van der Waals surface area contributed by atoms with Crippen LogP contribution >= 0.6 is 0 Å². The first-order valence-corrected chi connectivity index (χ1v) is 7.10. The van der Waals surface area contributed by atoms with Gasteiger partial charge in [0.1, 0.15) is 18.3 Å². The molecule has 0 saturated heterocycles. The quantitative estimate of drug-likeness (QED) is 0.525. The zero-order valence-electron chi connectivity index (χ0n) is 12.1. The third kappa shape index (κ3) is 1.86. The Balaban J connectivity index is 1.97. The van der Waals surface area contributed by atoms with Gasteiger partial charge in [-0.2, -0.15) is 0 Å². The van der Waals surface area contributed by atoms with Gasteiger partial charge in [-0.3, -0.25) is 4.79 Å². The summed E-state index contributed by atoms with van der Waals surface area (Å²) in [6.07, 6.45) is -2.52. The molecule has 0 aromatic heterocycles. The molecule has 8 heteroatoms. The minimum atomic E-state index is -1.37. The van der Waals surface area contributed by atoms with Crippen molar-refractivity contribution in [2.75, 3.05) is 13.9 Å². The highest BCUT2D eigenvalue weighted by Crippen LogP contribution is 2.49. The second-order valence-electron chi connectivity index (χ2n) is 5.61. The molecular formula is C15H15NO7. The molecule has 1 aromatic rings. The maximum Gasteiger partial charge on any atom is 0.256 e. The van der Waals surface area contributed by atoms with E-state index in [1.165, 1.54) is 13.2 Å². The third-order valence-corrected chi connectivity index (χ3v) is 4.38. The number of benzene rings is 1. The van der Waals surface area contributed by atoms with E-state index in [0.717, 1.165) is 0 Å². The molecule has 0 spiro atoms. The number of hydrogen-bond acceptors (Lipinski definition) is 7. The number of ether oxygens (including phenoxy) is 3. The highest BCUT2D eigenvalue weighted by molar-refractivity contribution is 6.07. The molecule has 1 aromatic carbocycles. The predicted molar refractivity (Wildman–Crippen MR) is 76.4 cm³/mol. The summed E-state index contributed by atoms with van der Waals surface area (Å²) in [6.45, 7) is 0.0165. The van der Waals surface area contributed by atoms with Gasteiger partial charge in [0.05, 0.1) is 18.7 Å². The summed E-state index contributed by atoms with van der Waals surface area (Å²) in [5.41, 5.74) is 1.22. The van der Waals surface area contributed by atoms with Crippen molar-refractivity contribution in [3.63, 3.8) is 0 Å². The highest BCUT2D eigenvalue weighted by atomic mass is 16.7. The van der Waals surface area contributed by atoms with E-state index in [1.54, 1.807) is 6.07 Å². The summed E-state index contributed by atoms with van der Waals surface area (Å²) in [7, 11) is 1.42. The maximum absolute atomic E-state index is 12.5. The van der Waals surface area contributed by atoms with Crippen molar-refractivity contribution in [3.8, 4) is 17.2 Å². The van der Waals surface area contributed by atoms with Crippen molar-refractivity contribution in [2.24, 2.45) is 0 Å². The summed E-state index contributed by atoms with van der Waals surface area (Å²) in [5, 5.41) is 32.5. The lowest BCUT2D eigenvalue weighted by atomic mass is 9.79. The number of aliphatic hydroxyl groups is 3. The van der Waals surface area contributed by atoms with Crippen LogP contribution in [0.15, 0.2) is 12.1 Å². The molecule has 0 bridgehead atoms. The highest BCUT2D eigenvalue weighted by Gasteiger charge is 2.44. The summed E-state index contributed by atoms with van der Waals surface area (Å²) in [6, 6.07) is 0.799. The smallest absolute Gasteiger partial charge is 0.256 e. The number of aliphatic hydroxyl groups excluding tert-OH is 3. The van der Waals surface area contributed by atoms with Crippen molar-refractivity contribution in [1.29, 1.82) is 0 Å². The van der Waals surface area contributed by atoms with Crippen LogP contribution in [0.5, 0.6) is 17.2 Å². The Labute approximate surface area is 130 Å². The molecule has 3 aliphatic rings. The molecule has 0 saturated carbocycles. The van der Waals surface area contributed by atoms with Gasteiger partial charge in [0, 0.05) is 5.56 Å². The van der Waals surface area contributed by atoms with Crippen LogP contribution in [-0.2, 0) is 0 Å². The molecule has 4 atom stereocenters. The van der Waals surface area contributed by atoms with Gasteiger partial charge in [0.2, 0.25) is 12.5 Å². The zero-order valence-corrected chi connectivity index (χ0v) is 12.1. The lowest BCUT2D eigenvalue weighted by molar-refractivity contribution is -0.0535. The Morgan fingerprint density at radius 2 is 2.04 bits per heavy atom. The van der Waals surface area contributed by atoms with Crippen LogP contribution in [0.25, 0.3) is 5.57 Å². The van der Waals surface area contributed by atoms with Gasteiger partial charge < -0.3 is 34.8 Å². The van der Waals surface area contributed by atoms with Gasteiger partial charge in [-0.05, 0) is 17.7 Å². The van der Waals surface area contributed by atoms with Crippen LogP contribution in [0, 0.1) is 0 Å². The molecule has 0 unspecified atom stereocenters. The lowest BCUT2D eigenvalue weighted by Gasteiger charge is -2.39. The van der Waals surface area contributed by atoms with E-state index in [4.69, 9.17) is 14.2 Å². The summed E-state index contributed by atoms with van der Waals surface area (Å²) in [4.78, 5) is 12.5. The van der Waals surface area contributed by atoms with E-state index < -0.39 is 30.3 Å². The Hall–Kier alpha value is -2.29. The summed E-state index contributed by atoms with van der Waals surface area (Å²) in [5.74, 6) is 0.546. The van der Waals surface area contributed by atoms with Gasteiger partial charge in [-0.1, -0.05) is 0 Å². The van der Waals surface area contributed by atoms with Crippen LogP contribution in [0.1, 0.15) is 15.9 Å². The van der Waals surface area contributed by atoms with Gasteiger partial charge in [0.25, 0.3) is 5.91 Å². The molecule has 23 heavy (non-hydrogen) atoms. The number of amides is 1. The standard InChI is InChI=1S/C15H15NO7/c1-21-14-9-5(3-8-13(14)23-4-22-8)6-2-7(17)11(18)12(19)10(6)16-15(9)20/h2-3,7,10-12,17-19H,4H2,1H3,(H,16,20)/t7-,10+,11+,12-/m0/s1. The van der Waals surface area contributed by atoms with E-state index in [1.807, 2.05) is 0 Å². The fourth-order valence-electron chi connectivity index (χ4n) is 3.26. The minimum Gasteiger partial charge on any atom is -0.492 e. The molecule has 4 rings (SSSR count). The van der Waals surface area contributed by atoms with Crippen LogP contribution in [0.4, 0.5) is 0 Å². The average molecular weight is 321 g/mol. The second-order valence-corrected chi connectivity index (χ2v) is 5.61. The van der Waals surface area contributed by atoms with Gasteiger partial charge >= 0.3 is 0 Å². The largest absolute Gasteiger partial charge is 0.492 e. The summed E-state index contributed by atoms with van der Waals surface area (Å²) < 4.78 is 16.0. The number of rotatable bonds is 1. The van der Waals surface area contributed by atoms with Crippen LogP contribution in [0.2, 0.25) is 0 Å². The van der Waals surface area contributed by atoms with E-state index in [2.05, 4.69) is 5.32 Å². The van der Waals surface area contributed by atoms with Crippen LogP contribution in [-0.4, -0.2) is 59.5 Å². The number of fused-ring (bicyclic) bond motifs is 4. The van der Waals surface area contributed by atoms with Crippen molar-refractivity contribution in [1.82, 2.24) is 5.32 Å². The van der Waals surface area contributed by atoms with Crippen molar-refractivity contribution in [2.45, 2.75) is 24.4 Å². The Morgan fingerprint density at radius 3 is 2.78 bits per heavy atom. The number of hydrogen-bond donors (Lipinski definition) is 4. The normalized spacial score (nSPS) is 31.0. The molecule has 4 N–H and O–H groups in total. The SMILES string of the molecule is COc1c2c(cc3c1C(=O)N[C@@H]1C3=C[C@H](O)[C@@H](O)[C@H]1O)OCO2. The molecule has 2 aliphatic heterocycles. The molecule has 2 heterocycles. The molecule has 8 nitrogen and oxygen atoms in total. The van der Waals surface area contributed by atoms with Crippen molar-refractivity contribution >= 4 is 11.5 Å². The lowest BCUT2D eigenvalue weighted by Crippen LogP contribution is -2.57. The first kappa shape index (κ1) is 14.3. The average Bonchev–Trinajstić information content (AvgIpc) is 3.00. The molecular weight excluding hydrogens is 306 g/mol. The molecule has 0 fully saturated rings. The first-order chi connectivity index (χ1) is 11.0. The maximum atomic E-state index is 12.5. The topological polar surface area (TPSA) is 117 Å². The summed E-state index contributed by atoms with van der Waals surface area (Å²) >= 11 is 0. The predicted octanol–water partition coefficient (Wildman–Crippen LogP) is -0.984. The van der Waals surface area contributed by atoms with Crippen LogP contribution < -0.4 is 19.5 Å². The number of carbonyl (C=O) groups excluding carboxylic acids is 1. The molecule has 1 amide bonds.